The van der Waals surface area contributed by atoms with Crippen LogP contribution in [0.5, 0.6) is 0 Å². The molecule has 1 N–H and O–H groups in total. The van der Waals surface area contributed by atoms with Crippen molar-refractivity contribution in [2.75, 3.05) is 0 Å². The lowest BCUT2D eigenvalue weighted by atomic mass is 9.67. The molecule has 0 unspecified atom stereocenters. The molecule has 0 spiro atoms. The minimum absolute atomic E-state index is 0.106. The predicted octanol–water partition coefficient (Wildman–Crippen LogP) is 4.52. The van der Waals surface area contributed by atoms with E-state index < -0.39 is 6.10 Å². The van der Waals surface area contributed by atoms with Gasteiger partial charge in [0.1, 0.15) is 5.78 Å². The summed E-state index contributed by atoms with van der Waals surface area (Å²) in [5.41, 5.74) is 2.72. The summed E-state index contributed by atoms with van der Waals surface area (Å²) in [5.74, 6) is -0.175. The average Bonchev–Trinajstić information content (AvgIpc) is 2.25. The highest BCUT2D eigenvalue weighted by atomic mass is 16.3. The monoisotopic (exact) mass is 280 g/mol. The fraction of sp³-hybridized carbons (Fsp3) is 0.833. The van der Waals surface area contributed by atoms with Crippen LogP contribution in [0.25, 0.3) is 0 Å². The molecule has 116 valence electrons. The fourth-order valence-corrected chi connectivity index (χ4v) is 3.43. The summed E-state index contributed by atoms with van der Waals surface area (Å²) in [4.78, 5) is 12.0. The van der Waals surface area contributed by atoms with Crippen LogP contribution in [0.15, 0.2) is 11.1 Å². The van der Waals surface area contributed by atoms with E-state index in [0.29, 0.717) is 6.42 Å². The van der Waals surface area contributed by atoms with E-state index in [2.05, 4.69) is 20.8 Å². The first kappa shape index (κ1) is 17.4. The number of allylic oxidation sites excluding steroid dienone is 2. The van der Waals surface area contributed by atoms with Crippen LogP contribution in [0, 0.1) is 16.7 Å². The molecule has 0 aromatic rings. The van der Waals surface area contributed by atoms with Gasteiger partial charge in [-0.2, -0.15) is 0 Å². The normalized spacial score (nSPS) is 22.6. The topological polar surface area (TPSA) is 37.3 Å². The van der Waals surface area contributed by atoms with Crippen LogP contribution in [0.3, 0.4) is 0 Å². The molecule has 1 rings (SSSR count). The lowest BCUT2D eigenvalue weighted by molar-refractivity contribution is -0.127. The summed E-state index contributed by atoms with van der Waals surface area (Å²) < 4.78 is 0. The number of hydrogen-bond acceptors (Lipinski definition) is 2. The van der Waals surface area contributed by atoms with Crippen LogP contribution >= 0.6 is 0 Å². The van der Waals surface area contributed by atoms with Gasteiger partial charge in [-0.05, 0) is 50.4 Å². The third kappa shape index (κ3) is 3.94. The number of carbonyl (C=O) groups is 1. The zero-order valence-corrected chi connectivity index (χ0v) is 14.3. The van der Waals surface area contributed by atoms with E-state index in [4.69, 9.17) is 0 Å². The SMILES string of the molecule is CC(=O)[C@@H](CC1=C(C)CCCC1(C)C)[C@H](O)C(C)(C)C. The van der Waals surface area contributed by atoms with Gasteiger partial charge in [-0.15, -0.1) is 0 Å². The van der Waals surface area contributed by atoms with Crippen LogP contribution in [0.4, 0.5) is 0 Å². The summed E-state index contributed by atoms with van der Waals surface area (Å²) in [6, 6.07) is 0. The summed E-state index contributed by atoms with van der Waals surface area (Å²) in [7, 11) is 0. The maximum Gasteiger partial charge on any atom is 0.135 e. The second-order valence-corrected chi connectivity index (χ2v) is 8.23. The molecule has 0 aromatic heterocycles. The molecule has 0 saturated heterocycles. The van der Waals surface area contributed by atoms with Crippen molar-refractivity contribution in [1.82, 2.24) is 0 Å². The maximum absolute atomic E-state index is 12.0. The minimum Gasteiger partial charge on any atom is -0.392 e. The van der Waals surface area contributed by atoms with Crippen LogP contribution in [0.2, 0.25) is 0 Å². The van der Waals surface area contributed by atoms with Crippen molar-refractivity contribution in [3.05, 3.63) is 11.1 Å². The van der Waals surface area contributed by atoms with E-state index in [1.165, 1.54) is 24.0 Å². The molecule has 0 aromatic carbocycles. The molecule has 0 aliphatic heterocycles. The van der Waals surface area contributed by atoms with Gasteiger partial charge in [-0.3, -0.25) is 4.79 Å². The molecular formula is C18H32O2. The molecule has 0 saturated carbocycles. The first-order valence-corrected chi connectivity index (χ1v) is 7.84. The van der Waals surface area contributed by atoms with Crippen molar-refractivity contribution in [3.8, 4) is 0 Å². The third-order valence-electron chi connectivity index (χ3n) is 4.90. The molecule has 0 radical (unpaired) electrons. The average molecular weight is 280 g/mol. The van der Waals surface area contributed by atoms with E-state index in [-0.39, 0.29) is 22.5 Å². The van der Waals surface area contributed by atoms with Gasteiger partial charge in [0.2, 0.25) is 0 Å². The fourth-order valence-electron chi connectivity index (χ4n) is 3.43. The van der Waals surface area contributed by atoms with E-state index in [0.717, 1.165) is 6.42 Å². The molecule has 2 atom stereocenters. The summed E-state index contributed by atoms with van der Waals surface area (Å²) in [6.07, 6.45) is 3.67. The lowest BCUT2D eigenvalue weighted by Crippen LogP contribution is -2.39. The number of carbonyl (C=O) groups excluding carboxylic acids is 1. The van der Waals surface area contributed by atoms with Crippen LogP contribution in [-0.4, -0.2) is 17.0 Å². The number of hydrogen-bond donors (Lipinski definition) is 1. The van der Waals surface area contributed by atoms with Crippen molar-refractivity contribution in [1.29, 1.82) is 0 Å². The smallest absolute Gasteiger partial charge is 0.135 e. The summed E-state index contributed by atoms with van der Waals surface area (Å²) >= 11 is 0. The minimum atomic E-state index is -0.585. The van der Waals surface area contributed by atoms with Crippen molar-refractivity contribution in [2.45, 2.75) is 80.3 Å². The van der Waals surface area contributed by atoms with Crippen molar-refractivity contribution >= 4 is 5.78 Å². The Balaban J connectivity index is 3.05. The maximum atomic E-state index is 12.0. The Morgan fingerprint density at radius 3 is 2.30 bits per heavy atom. The highest BCUT2D eigenvalue weighted by Crippen LogP contribution is 2.44. The van der Waals surface area contributed by atoms with E-state index in [1.807, 2.05) is 20.8 Å². The summed E-state index contributed by atoms with van der Waals surface area (Å²) in [5, 5.41) is 10.6. The molecule has 1 aliphatic rings. The van der Waals surface area contributed by atoms with Gasteiger partial charge in [0.25, 0.3) is 0 Å². The Labute approximate surface area is 124 Å². The van der Waals surface area contributed by atoms with E-state index in [9.17, 15) is 9.90 Å². The van der Waals surface area contributed by atoms with Gasteiger partial charge < -0.3 is 5.11 Å². The molecule has 0 bridgehead atoms. The number of aliphatic hydroxyl groups excluding tert-OH is 1. The number of rotatable bonds is 4. The molecule has 1 aliphatic carbocycles. The zero-order chi connectivity index (χ0) is 15.7. The summed E-state index contributed by atoms with van der Waals surface area (Å²) in [6.45, 7) is 14.3. The quantitative estimate of drug-likeness (QED) is 0.769. The van der Waals surface area contributed by atoms with Gasteiger partial charge >= 0.3 is 0 Å². The Hall–Kier alpha value is -0.630. The number of Topliss-reactive ketones (excluding diaryl/α,β-unsaturated/α-hetero) is 1. The van der Waals surface area contributed by atoms with Gasteiger partial charge in [0.15, 0.2) is 0 Å². The third-order valence-corrected chi connectivity index (χ3v) is 4.90. The van der Waals surface area contributed by atoms with Crippen LogP contribution in [-0.2, 0) is 4.79 Å². The van der Waals surface area contributed by atoms with E-state index >= 15 is 0 Å². The highest BCUT2D eigenvalue weighted by molar-refractivity contribution is 5.79. The van der Waals surface area contributed by atoms with Gasteiger partial charge in [0.05, 0.1) is 6.10 Å². The Morgan fingerprint density at radius 1 is 1.35 bits per heavy atom. The standard InChI is InChI=1S/C18H32O2/c1-12-9-8-10-18(6,7)15(12)11-14(13(2)19)16(20)17(3,4)5/h14,16,20H,8-11H2,1-7H3/t14-,16+/m1/s1. The molecule has 2 heteroatoms. The first-order chi connectivity index (χ1) is 8.97. The van der Waals surface area contributed by atoms with Gasteiger partial charge in [-0.1, -0.05) is 45.8 Å². The molecule has 0 fully saturated rings. The molecular weight excluding hydrogens is 248 g/mol. The van der Waals surface area contributed by atoms with Gasteiger partial charge in [0, 0.05) is 5.92 Å². The Kier molecular flexibility index (Phi) is 5.23. The van der Waals surface area contributed by atoms with Crippen molar-refractivity contribution < 1.29 is 9.90 Å². The molecule has 0 heterocycles. The van der Waals surface area contributed by atoms with Crippen LogP contribution < -0.4 is 0 Å². The van der Waals surface area contributed by atoms with Crippen LogP contribution in [0.1, 0.15) is 74.1 Å². The predicted molar refractivity (Wildman–Crippen MR) is 84.6 cm³/mol. The zero-order valence-electron chi connectivity index (χ0n) is 14.3. The highest BCUT2D eigenvalue weighted by Gasteiger charge is 2.37. The Morgan fingerprint density at radius 2 is 1.90 bits per heavy atom. The number of aliphatic hydroxyl groups is 1. The second kappa shape index (κ2) is 6.01. The first-order valence-electron chi connectivity index (χ1n) is 7.84. The second-order valence-electron chi connectivity index (χ2n) is 8.23. The van der Waals surface area contributed by atoms with Gasteiger partial charge in [-0.25, -0.2) is 0 Å². The Bertz CT molecular complexity index is 396. The molecule has 2 nitrogen and oxygen atoms in total. The number of ketones is 1. The molecule has 20 heavy (non-hydrogen) atoms. The van der Waals surface area contributed by atoms with E-state index in [1.54, 1.807) is 6.92 Å². The molecule has 0 amide bonds. The largest absolute Gasteiger partial charge is 0.392 e. The van der Waals surface area contributed by atoms with Crippen molar-refractivity contribution in [2.24, 2.45) is 16.7 Å². The lowest BCUT2D eigenvalue weighted by Gasteiger charge is -2.39. The van der Waals surface area contributed by atoms with Crippen molar-refractivity contribution in [3.63, 3.8) is 0 Å².